The molecule has 0 aliphatic heterocycles. The monoisotopic (exact) mass is 383 g/mol. The zero-order valence-corrected chi connectivity index (χ0v) is 15.9. The van der Waals surface area contributed by atoms with Gasteiger partial charge in [-0.05, 0) is 55.3 Å². The average Bonchev–Trinajstić information content (AvgIpc) is 3.13. The lowest BCUT2D eigenvalue weighted by Crippen LogP contribution is -2.26. The Balaban J connectivity index is 1.80. The predicted octanol–water partition coefficient (Wildman–Crippen LogP) is 4.03. The van der Waals surface area contributed by atoms with Gasteiger partial charge in [0.2, 0.25) is 0 Å². The van der Waals surface area contributed by atoms with E-state index in [-0.39, 0.29) is 10.3 Å². The van der Waals surface area contributed by atoms with E-state index in [1.807, 2.05) is 31.2 Å². The van der Waals surface area contributed by atoms with E-state index >= 15 is 0 Å². The third-order valence-corrected chi connectivity index (χ3v) is 7.08. The Hall–Kier alpha value is -2.53. The molecule has 0 fully saturated rings. The number of hydrogen-bond acceptors (Lipinski definition) is 5. The van der Waals surface area contributed by atoms with Crippen LogP contribution in [-0.2, 0) is 10.0 Å². The molecular weight excluding hydrogens is 366 g/mol. The summed E-state index contributed by atoms with van der Waals surface area (Å²) in [5, 5.41) is 8.86. The summed E-state index contributed by atoms with van der Waals surface area (Å²) in [4.78, 5) is 5.04. The normalized spacial score (nSPS) is 12.5. The SMILES string of the molecule is Cc1ccc(C(C)NS(=O)(=O)c2ccc(-c3ccc(C#N)cc3)s2)cn1. The van der Waals surface area contributed by atoms with Crippen LogP contribution in [0.1, 0.15) is 29.8 Å². The molecular formula is C19H17N3O2S2. The highest BCUT2D eigenvalue weighted by Gasteiger charge is 2.21. The van der Waals surface area contributed by atoms with Crippen molar-refractivity contribution in [3.05, 3.63) is 71.5 Å². The van der Waals surface area contributed by atoms with E-state index < -0.39 is 10.0 Å². The van der Waals surface area contributed by atoms with Crippen LogP contribution in [-0.4, -0.2) is 13.4 Å². The van der Waals surface area contributed by atoms with Gasteiger partial charge in [-0.1, -0.05) is 18.2 Å². The third-order valence-electron chi connectivity index (χ3n) is 3.91. The number of pyridine rings is 1. The summed E-state index contributed by atoms with van der Waals surface area (Å²) in [5.41, 5.74) is 3.14. The molecule has 3 rings (SSSR count). The van der Waals surface area contributed by atoms with Crippen LogP contribution in [0.2, 0.25) is 0 Å². The Morgan fingerprint density at radius 2 is 1.85 bits per heavy atom. The molecule has 7 heteroatoms. The van der Waals surface area contributed by atoms with Gasteiger partial charge in [0.15, 0.2) is 0 Å². The van der Waals surface area contributed by atoms with Gasteiger partial charge in [0.05, 0.1) is 11.6 Å². The third kappa shape index (κ3) is 3.99. The van der Waals surface area contributed by atoms with Crippen molar-refractivity contribution in [3.63, 3.8) is 0 Å². The summed E-state index contributed by atoms with van der Waals surface area (Å²) < 4.78 is 28.3. The molecule has 0 aliphatic rings. The highest BCUT2D eigenvalue weighted by atomic mass is 32.2. The fourth-order valence-electron chi connectivity index (χ4n) is 2.42. The fraction of sp³-hybridized carbons (Fsp3) is 0.158. The van der Waals surface area contributed by atoms with Crippen LogP contribution in [0.4, 0.5) is 0 Å². The minimum Gasteiger partial charge on any atom is -0.261 e. The summed E-state index contributed by atoms with van der Waals surface area (Å²) >= 11 is 1.20. The lowest BCUT2D eigenvalue weighted by Gasteiger charge is -2.13. The maximum Gasteiger partial charge on any atom is 0.250 e. The Kier molecular flexibility index (Phi) is 5.18. The zero-order chi connectivity index (χ0) is 18.7. The van der Waals surface area contributed by atoms with Gasteiger partial charge >= 0.3 is 0 Å². The van der Waals surface area contributed by atoms with Crippen LogP contribution >= 0.6 is 11.3 Å². The molecule has 2 aromatic heterocycles. The number of nitrogens with zero attached hydrogens (tertiary/aromatic N) is 2. The number of nitrogens with one attached hydrogen (secondary N) is 1. The van der Waals surface area contributed by atoms with E-state index in [1.54, 1.807) is 37.4 Å². The van der Waals surface area contributed by atoms with Crippen molar-refractivity contribution in [1.82, 2.24) is 9.71 Å². The molecule has 0 saturated heterocycles. The minimum absolute atomic E-state index is 0.254. The molecule has 1 atom stereocenters. The van der Waals surface area contributed by atoms with Gasteiger partial charge in [-0.25, -0.2) is 13.1 Å². The molecule has 2 heterocycles. The van der Waals surface area contributed by atoms with Gasteiger partial charge in [-0.15, -0.1) is 11.3 Å². The number of nitriles is 1. The molecule has 132 valence electrons. The first-order valence-electron chi connectivity index (χ1n) is 7.94. The topological polar surface area (TPSA) is 82.9 Å². The highest BCUT2D eigenvalue weighted by Crippen LogP contribution is 2.31. The summed E-state index contributed by atoms with van der Waals surface area (Å²) in [6, 6.07) is 15.8. The second-order valence-electron chi connectivity index (χ2n) is 5.88. The van der Waals surface area contributed by atoms with Gasteiger partial charge in [0.1, 0.15) is 4.21 Å². The van der Waals surface area contributed by atoms with Crippen molar-refractivity contribution >= 4 is 21.4 Å². The molecule has 1 aromatic carbocycles. The first kappa shape index (κ1) is 18.3. The van der Waals surface area contributed by atoms with E-state index in [0.717, 1.165) is 21.7 Å². The second-order valence-corrected chi connectivity index (χ2v) is 8.91. The van der Waals surface area contributed by atoms with Crippen LogP contribution in [0.5, 0.6) is 0 Å². The molecule has 0 saturated carbocycles. The molecule has 5 nitrogen and oxygen atoms in total. The molecule has 0 bridgehead atoms. The Labute approximate surface area is 157 Å². The van der Waals surface area contributed by atoms with Gasteiger partial charge in [0, 0.05) is 22.8 Å². The first-order valence-corrected chi connectivity index (χ1v) is 10.2. The molecule has 0 spiro atoms. The summed E-state index contributed by atoms with van der Waals surface area (Å²) in [7, 11) is -3.63. The lowest BCUT2D eigenvalue weighted by molar-refractivity contribution is 0.568. The molecule has 0 amide bonds. The standard InChI is InChI=1S/C19H17N3O2S2/c1-13-3-6-17(12-21-13)14(2)22-26(23,24)19-10-9-18(25-19)16-7-4-15(11-20)5-8-16/h3-10,12,14,22H,1-2H3. The zero-order valence-electron chi connectivity index (χ0n) is 14.3. The molecule has 26 heavy (non-hydrogen) atoms. The van der Waals surface area contributed by atoms with Gasteiger partial charge < -0.3 is 0 Å². The Bertz CT molecular complexity index is 1050. The maximum absolute atomic E-state index is 12.7. The number of hydrogen-bond donors (Lipinski definition) is 1. The average molecular weight is 383 g/mol. The van der Waals surface area contributed by atoms with Gasteiger partial charge in [-0.2, -0.15) is 5.26 Å². The van der Waals surface area contributed by atoms with Crippen molar-refractivity contribution in [2.24, 2.45) is 0 Å². The molecule has 3 aromatic rings. The molecule has 0 radical (unpaired) electrons. The number of aromatic nitrogens is 1. The van der Waals surface area contributed by atoms with Gasteiger partial charge in [-0.3, -0.25) is 4.98 Å². The Morgan fingerprint density at radius 3 is 2.46 bits per heavy atom. The maximum atomic E-state index is 12.7. The number of sulfonamides is 1. The fourth-order valence-corrected chi connectivity index (χ4v) is 4.98. The summed E-state index contributed by atoms with van der Waals surface area (Å²) in [6.45, 7) is 3.67. The van der Waals surface area contributed by atoms with Crippen LogP contribution in [0.25, 0.3) is 10.4 Å². The summed E-state index contributed by atoms with van der Waals surface area (Å²) in [5.74, 6) is 0. The summed E-state index contributed by atoms with van der Waals surface area (Å²) in [6.07, 6.45) is 1.68. The van der Waals surface area contributed by atoms with E-state index in [2.05, 4.69) is 15.8 Å². The Morgan fingerprint density at radius 1 is 1.12 bits per heavy atom. The minimum atomic E-state index is -3.63. The van der Waals surface area contributed by atoms with Crippen LogP contribution < -0.4 is 4.72 Å². The smallest absolute Gasteiger partial charge is 0.250 e. The quantitative estimate of drug-likeness (QED) is 0.721. The first-order chi connectivity index (χ1) is 12.4. The van der Waals surface area contributed by atoms with Crippen LogP contribution in [0, 0.1) is 18.3 Å². The molecule has 1 N–H and O–H groups in total. The van der Waals surface area contributed by atoms with E-state index in [9.17, 15) is 8.42 Å². The molecule has 0 aliphatic carbocycles. The number of aryl methyl sites for hydroxylation is 1. The highest BCUT2D eigenvalue weighted by molar-refractivity contribution is 7.91. The predicted molar refractivity (Wildman–Crippen MR) is 102 cm³/mol. The number of thiophene rings is 1. The van der Waals surface area contributed by atoms with Gasteiger partial charge in [0.25, 0.3) is 10.0 Å². The van der Waals surface area contributed by atoms with Crippen LogP contribution in [0.3, 0.4) is 0 Å². The molecule has 1 unspecified atom stereocenters. The van der Waals surface area contributed by atoms with Crippen molar-refractivity contribution in [2.45, 2.75) is 24.1 Å². The van der Waals surface area contributed by atoms with Crippen molar-refractivity contribution in [2.75, 3.05) is 0 Å². The largest absolute Gasteiger partial charge is 0.261 e. The van der Waals surface area contributed by atoms with Crippen LogP contribution in [0.15, 0.2) is 58.9 Å². The van der Waals surface area contributed by atoms with E-state index in [1.165, 1.54) is 11.3 Å². The number of rotatable bonds is 5. The van der Waals surface area contributed by atoms with E-state index in [4.69, 9.17) is 5.26 Å². The van der Waals surface area contributed by atoms with Crippen molar-refractivity contribution in [3.8, 4) is 16.5 Å². The van der Waals surface area contributed by atoms with Crippen molar-refractivity contribution < 1.29 is 8.42 Å². The second kappa shape index (κ2) is 7.38. The number of benzene rings is 1. The lowest BCUT2D eigenvalue weighted by atomic mass is 10.1. The van der Waals surface area contributed by atoms with Crippen molar-refractivity contribution in [1.29, 1.82) is 5.26 Å². The van der Waals surface area contributed by atoms with E-state index in [0.29, 0.717) is 5.56 Å².